The number of nitrogens with two attached hydrogens (primary N) is 2. The number of phosphoric acid groups is 3. The molecule has 3 aromatic heterocycles. The Morgan fingerprint density at radius 2 is 1.60 bits per heavy atom. The third-order valence-corrected chi connectivity index (χ3v) is 10.1. The van der Waals surface area contributed by atoms with Crippen molar-refractivity contribution in [2.75, 3.05) is 18.9 Å². The van der Waals surface area contributed by atoms with Crippen LogP contribution in [-0.2, 0) is 41.1 Å². The molecule has 264 valence electrons. The average Bonchev–Trinajstić information content (AvgIpc) is 3.64. The number of amides is 1. The predicted octanol–water partition coefficient (Wildman–Crippen LogP) is -2.90. The van der Waals surface area contributed by atoms with Crippen LogP contribution in [0.5, 0.6) is 0 Å². The Morgan fingerprint density at radius 3 is 2.23 bits per heavy atom. The Morgan fingerprint density at radius 1 is 0.958 bits per heavy atom. The molecule has 1 amide bonds. The lowest BCUT2D eigenvalue weighted by atomic mass is 10.1. The van der Waals surface area contributed by atoms with Gasteiger partial charge in [-0.25, -0.2) is 28.6 Å². The van der Waals surface area contributed by atoms with Crippen LogP contribution in [0.3, 0.4) is 0 Å². The van der Waals surface area contributed by atoms with Gasteiger partial charge in [-0.3, -0.25) is 22.9 Å². The van der Waals surface area contributed by atoms with Crippen LogP contribution in [0, 0.1) is 0 Å². The summed E-state index contributed by atoms with van der Waals surface area (Å²) in [6.07, 6.45) is -8.39. The van der Waals surface area contributed by atoms with Crippen LogP contribution in [-0.4, -0.2) is 110 Å². The lowest BCUT2D eigenvalue weighted by Crippen LogP contribution is -2.46. The molecule has 0 spiro atoms. The largest absolute Gasteiger partial charge is 0.481 e. The molecule has 0 aromatic carbocycles. The van der Waals surface area contributed by atoms with Crippen LogP contribution in [0.4, 0.5) is 5.82 Å². The SMILES string of the molecule is NC(=O)c1ccc[n+]([C@@H]2OC(COP(=O)(O)OP(=O)(O)OCC3OC(n4cnc5c(N)ncnc54)C(OP(=O)(O)O)C3O)C(O)C2O)c1. The summed E-state index contributed by atoms with van der Waals surface area (Å²) in [5, 5.41) is 31.5. The van der Waals surface area contributed by atoms with E-state index in [1.165, 1.54) is 29.1 Å². The zero-order valence-electron chi connectivity index (χ0n) is 23.9. The van der Waals surface area contributed by atoms with E-state index >= 15 is 0 Å². The summed E-state index contributed by atoms with van der Waals surface area (Å²) in [7, 11) is -16.3. The first-order chi connectivity index (χ1) is 22.4. The van der Waals surface area contributed by atoms with E-state index in [1.54, 1.807) is 0 Å². The van der Waals surface area contributed by atoms with E-state index < -0.39 is 91.7 Å². The molecule has 48 heavy (non-hydrogen) atoms. The Hall–Kier alpha value is -2.86. The van der Waals surface area contributed by atoms with Crippen LogP contribution in [0.1, 0.15) is 22.8 Å². The lowest BCUT2D eigenvalue weighted by molar-refractivity contribution is -0.765. The number of primary amides is 1. The third kappa shape index (κ3) is 8.12. The van der Waals surface area contributed by atoms with Crippen molar-refractivity contribution in [3.8, 4) is 0 Å². The molecule has 2 aliphatic rings. The van der Waals surface area contributed by atoms with E-state index in [0.29, 0.717) is 0 Å². The number of carbonyl (C=O) groups is 1. The quantitative estimate of drug-likeness (QED) is 0.0626. The summed E-state index contributed by atoms with van der Waals surface area (Å²) in [6.45, 7) is -2.03. The summed E-state index contributed by atoms with van der Waals surface area (Å²) in [5.74, 6) is -0.848. The number of carbonyl (C=O) groups excluding carboxylic acids is 1. The van der Waals surface area contributed by atoms with Crippen LogP contribution < -0.4 is 16.0 Å². The van der Waals surface area contributed by atoms with Crippen LogP contribution in [0.15, 0.2) is 37.2 Å². The highest BCUT2D eigenvalue weighted by Crippen LogP contribution is 2.61. The number of pyridine rings is 1. The molecule has 24 nitrogen and oxygen atoms in total. The first-order valence-corrected chi connectivity index (χ1v) is 17.9. The maximum Gasteiger partial charge on any atom is 0.481 e. The summed E-state index contributed by atoms with van der Waals surface area (Å²) in [4.78, 5) is 62.2. The minimum absolute atomic E-state index is 0.00286. The Balaban J connectivity index is 1.21. The average molecular weight is 744 g/mol. The minimum Gasteiger partial charge on any atom is -0.387 e. The number of aliphatic hydroxyl groups excluding tert-OH is 3. The molecule has 3 aromatic rings. The normalized spacial score (nSPS) is 30.3. The number of aliphatic hydroxyl groups is 3. The van der Waals surface area contributed by atoms with Gasteiger partial charge in [-0.15, -0.1) is 0 Å². The number of imidazole rings is 1. The fraction of sp³-hybridized carbons (Fsp3) is 0.476. The van der Waals surface area contributed by atoms with Crippen molar-refractivity contribution < 1.29 is 85.3 Å². The number of hydrogen-bond acceptors (Lipinski definition) is 17. The van der Waals surface area contributed by atoms with E-state index in [1.807, 2.05) is 0 Å². The molecule has 2 fully saturated rings. The second-order valence-electron chi connectivity index (χ2n) is 10.3. The third-order valence-electron chi connectivity index (χ3n) is 6.98. The number of anilines is 1. The molecule has 0 bridgehead atoms. The van der Waals surface area contributed by atoms with Gasteiger partial charge >= 0.3 is 23.5 Å². The molecule has 0 radical (unpaired) electrons. The fourth-order valence-corrected chi connectivity index (χ4v) is 7.47. The van der Waals surface area contributed by atoms with Gasteiger partial charge in [0.1, 0.15) is 47.9 Å². The number of phosphoric ester groups is 3. The summed E-state index contributed by atoms with van der Waals surface area (Å²) in [6, 6.07) is 2.79. The Labute approximate surface area is 267 Å². The van der Waals surface area contributed by atoms with Crippen LogP contribution in [0.25, 0.3) is 11.2 Å². The first-order valence-electron chi connectivity index (χ1n) is 13.3. The molecule has 5 rings (SSSR count). The maximum atomic E-state index is 12.6. The number of aromatic nitrogens is 5. The van der Waals surface area contributed by atoms with E-state index in [-0.39, 0.29) is 22.5 Å². The number of rotatable bonds is 13. The second kappa shape index (κ2) is 13.8. The highest BCUT2D eigenvalue weighted by Gasteiger charge is 2.51. The summed E-state index contributed by atoms with van der Waals surface area (Å²) >= 11 is 0. The van der Waals surface area contributed by atoms with E-state index in [4.69, 9.17) is 30.0 Å². The molecule has 2 aliphatic heterocycles. The molecule has 10 atom stereocenters. The van der Waals surface area contributed by atoms with Crippen molar-refractivity contribution in [1.82, 2.24) is 19.5 Å². The predicted molar refractivity (Wildman–Crippen MR) is 150 cm³/mol. The summed E-state index contributed by atoms with van der Waals surface area (Å²) < 4.78 is 68.4. The maximum absolute atomic E-state index is 12.6. The smallest absolute Gasteiger partial charge is 0.387 e. The standard InChI is InChI=1S/C21H28N7O17P3/c22-17-12-19(25-7-24-17)28(8-26-12)21-16(44-46(33,34)35)14(30)11(43-21)6-41-48(38,39)45-47(36,37)40-5-10-13(29)15(31)20(42-10)27-3-1-2-9(4-27)18(23)32/h1-4,7-8,10-11,13-16,20-21,29-31H,5-6H2,(H7-,22,23,24,25,32,33,34,35,36,37,38,39)/p+1/t10?,11?,13?,14?,15?,16?,20-,21?/m1/s1. The topological polar surface area (TPSA) is 365 Å². The molecule has 5 heterocycles. The Kier molecular flexibility index (Phi) is 10.5. The van der Waals surface area contributed by atoms with Crippen molar-refractivity contribution in [3.05, 3.63) is 42.7 Å². The van der Waals surface area contributed by atoms with Gasteiger partial charge in [0.05, 0.1) is 19.5 Å². The van der Waals surface area contributed by atoms with E-state index in [9.17, 15) is 53.4 Å². The molecule has 11 N–H and O–H groups in total. The Bertz CT molecular complexity index is 1810. The van der Waals surface area contributed by atoms with Gasteiger partial charge in [0.25, 0.3) is 12.1 Å². The molecule has 27 heteroatoms. The van der Waals surface area contributed by atoms with Crippen molar-refractivity contribution >= 4 is 46.4 Å². The number of nitrogen functional groups attached to an aromatic ring is 1. The van der Waals surface area contributed by atoms with Gasteiger partial charge in [-0.1, -0.05) is 0 Å². The number of ether oxygens (including phenoxy) is 2. The van der Waals surface area contributed by atoms with Gasteiger partial charge < -0.3 is 55.8 Å². The van der Waals surface area contributed by atoms with Gasteiger partial charge in [0.2, 0.25) is 0 Å². The monoisotopic (exact) mass is 744 g/mol. The molecule has 9 unspecified atom stereocenters. The zero-order valence-corrected chi connectivity index (χ0v) is 26.6. The van der Waals surface area contributed by atoms with E-state index in [0.717, 1.165) is 17.2 Å². The molecule has 2 saturated heterocycles. The first kappa shape index (κ1) is 36.4. The number of hydrogen-bond donors (Lipinski definition) is 9. The molecule has 0 aliphatic carbocycles. The lowest BCUT2D eigenvalue weighted by Gasteiger charge is -2.22. The van der Waals surface area contributed by atoms with Gasteiger partial charge in [0.15, 0.2) is 36.2 Å². The van der Waals surface area contributed by atoms with Gasteiger partial charge in [0, 0.05) is 6.07 Å². The van der Waals surface area contributed by atoms with Crippen molar-refractivity contribution in [2.45, 2.75) is 49.1 Å². The van der Waals surface area contributed by atoms with Crippen molar-refractivity contribution in [1.29, 1.82) is 0 Å². The molecular weight excluding hydrogens is 715 g/mol. The highest BCUT2D eigenvalue weighted by atomic mass is 31.3. The van der Waals surface area contributed by atoms with Gasteiger partial charge in [-0.2, -0.15) is 8.88 Å². The summed E-state index contributed by atoms with van der Waals surface area (Å²) in [5.41, 5.74) is 11.1. The number of nitrogens with zero attached hydrogens (tertiary/aromatic N) is 5. The minimum atomic E-state index is -5.52. The molecule has 0 saturated carbocycles. The van der Waals surface area contributed by atoms with Gasteiger partial charge in [-0.05, 0) is 6.07 Å². The van der Waals surface area contributed by atoms with Crippen molar-refractivity contribution in [3.63, 3.8) is 0 Å². The van der Waals surface area contributed by atoms with Crippen LogP contribution >= 0.6 is 23.5 Å². The second-order valence-corrected chi connectivity index (χ2v) is 14.5. The number of fused-ring (bicyclic) bond motifs is 1. The molecular formula is C21H29N7O17P3+. The highest BCUT2D eigenvalue weighted by molar-refractivity contribution is 7.61. The van der Waals surface area contributed by atoms with Crippen molar-refractivity contribution in [2.24, 2.45) is 5.73 Å². The zero-order chi connectivity index (χ0) is 35.2. The fourth-order valence-electron chi connectivity index (χ4n) is 4.83. The van der Waals surface area contributed by atoms with E-state index in [2.05, 4.69) is 23.8 Å². The van der Waals surface area contributed by atoms with Crippen LogP contribution in [0.2, 0.25) is 0 Å².